The molecule has 0 aliphatic heterocycles. The lowest BCUT2D eigenvalue weighted by Gasteiger charge is -2.19. The van der Waals surface area contributed by atoms with Crippen molar-refractivity contribution in [1.29, 1.82) is 0 Å². The molecule has 0 spiro atoms. The molecule has 0 fully saturated rings. The van der Waals surface area contributed by atoms with E-state index in [2.05, 4.69) is 23.5 Å². The first-order valence-electron chi connectivity index (χ1n) is 9.77. The average molecular weight is 450 g/mol. The molecule has 1 aromatic carbocycles. The molecule has 0 aliphatic carbocycles. The Bertz CT molecular complexity index is 937. The topological polar surface area (TPSA) is 85.2 Å². The lowest BCUT2D eigenvalue weighted by Crippen LogP contribution is -2.14. The van der Waals surface area contributed by atoms with Crippen molar-refractivity contribution < 1.29 is 9.50 Å². The number of hydrogen-bond donors (Lipinski definition) is 4. The number of benzene rings is 1. The van der Waals surface area contributed by atoms with Crippen LogP contribution in [0.3, 0.4) is 0 Å². The molecule has 1 heterocycles. The fourth-order valence-electron chi connectivity index (χ4n) is 2.84. The zero-order valence-electron chi connectivity index (χ0n) is 18.5. The van der Waals surface area contributed by atoms with Gasteiger partial charge in [-0.2, -0.15) is 0 Å². The van der Waals surface area contributed by atoms with E-state index in [1.54, 1.807) is 26.0 Å². The van der Waals surface area contributed by atoms with E-state index >= 15 is 0 Å². The van der Waals surface area contributed by atoms with Crippen molar-refractivity contribution in [2.45, 2.75) is 69.6 Å². The molecule has 2 aromatic rings. The van der Waals surface area contributed by atoms with E-state index in [1.165, 1.54) is 17.5 Å². The zero-order chi connectivity index (χ0) is 23.2. The Morgan fingerprint density at radius 3 is 2.37 bits per heavy atom. The van der Waals surface area contributed by atoms with Crippen LogP contribution in [0.25, 0.3) is 0 Å². The summed E-state index contributed by atoms with van der Waals surface area (Å²) in [6.45, 7) is 11.3. The van der Waals surface area contributed by atoms with Gasteiger partial charge in [-0.1, -0.05) is 39.7 Å². The summed E-state index contributed by atoms with van der Waals surface area (Å²) >= 11 is 5.72. The predicted octanol–water partition coefficient (Wildman–Crippen LogP) is 5.31. The monoisotopic (exact) mass is 449 g/mol. The number of nitrogen functional groups attached to an aromatic ring is 1. The normalized spacial score (nSPS) is 12.6. The second-order valence-corrected chi connectivity index (χ2v) is 9.56. The number of aromatic nitrogens is 1. The Labute approximate surface area is 189 Å². The Morgan fingerprint density at radius 1 is 1.40 bits per heavy atom. The summed E-state index contributed by atoms with van der Waals surface area (Å²) in [7, 11) is 0. The molecular weight excluding hydrogens is 417 g/mol. The van der Waals surface area contributed by atoms with E-state index in [1.807, 2.05) is 27.7 Å². The number of nitrogens with two attached hydrogens (primary N) is 2. The van der Waals surface area contributed by atoms with Crippen LogP contribution < -0.4 is 11.5 Å². The van der Waals surface area contributed by atoms with Crippen LogP contribution in [0, 0.1) is 18.2 Å². The van der Waals surface area contributed by atoms with Gasteiger partial charge in [0.25, 0.3) is 0 Å². The maximum atomic E-state index is 14.3. The second-order valence-electron chi connectivity index (χ2n) is 7.81. The highest BCUT2D eigenvalue weighted by Gasteiger charge is 2.22. The number of halogens is 1. The van der Waals surface area contributed by atoms with Crippen molar-refractivity contribution in [2.24, 2.45) is 5.73 Å². The van der Waals surface area contributed by atoms with Gasteiger partial charge in [0.1, 0.15) is 16.4 Å². The fraction of sp³-hybridized carbons (Fsp3) is 0.435. The molecule has 0 aliphatic rings. The Balaban J connectivity index is 0.000000325. The van der Waals surface area contributed by atoms with Gasteiger partial charge in [0.15, 0.2) is 0 Å². The summed E-state index contributed by atoms with van der Waals surface area (Å²) < 4.78 is 15.2. The van der Waals surface area contributed by atoms with Gasteiger partial charge >= 0.3 is 0 Å². The molecule has 1 aromatic heterocycles. The lowest BCUT2D eigenvalue weighted by atomic mass is 9.89. The van der Waals surface area contributed by atoms with Crippen LogP contribution in [0.15, 0.2) is 22.6 Å². The molecule has 164 valence electrons. The minimum Gasteiger partial charge on any atom is -0.405 e. The van der Waals surface area contributed by atoms with Gasteiger partial charge in [-0.25, -0.2) is 9.37 Å². The third-order valence-corrected chi connectivity index (χ3v) is 6.29. The number of allylic oxidation sites excluding steroid dienone is 1. The third-order valence-electron chi connectivity index (χ3n) is 4.54. The molecular formula is C23H32FN3OS2. The highest BCUT2D eigenvalue weighted by Crippen LogP contribution is 2.34. The molecule has 5 N–H and O–H groups in total. The minimum atomic E-state index is -0.838. The van der Waals surface area contributed by atoms with Crippen molar-refractivity contribution in [3.63, 3.8) is 0 Å². The van der Waals surface area contributed by atoms with Crippen LogP contribution in [0.2, 0.25) is 0 Å². The Hall–Kier alpha value is -2.01. The zero-order valence-corrected chi connectivity index (χ0v) is 20.2. The Morgan fingerprint density at radius 2 is 2.00 bits per heavy atom. The van der Waals surface area contributed by atoms with Gasteiger partial charge < -0.3 is 16.6 Å². The van der Waals surface area contributed by atoms with Crippen LogP contribution in [-0.4, -0.2) is 10.1 Å². The molecule has 0 saturated heterocycles. The van der Waals surface area contributed by atoms with Crippen molar-refractivity contribution in [2.75, 3.05) is 5.73 Å². The lowest BCUT2D eigenvalue weighted by molar-refractivity contribution is 0.0781. The highest BCUT2D eigenvalue weighted by molar-refractivity contribution is 7.83. The van der Waals surface area contributed by atoms with Crippen LogP contribution in [0.1, 0.15) is 80.8 Å². The highest BCUT2D eigenvalue weighted by atomic mass is 32.2. The summed E-state index contributed by atoms with van der Waals surface area (Å²) in [5.41, 5.74) is 13.6. The number of rotatable bonds is 5. The summed E-state index contributed by atoms with van der Waals surface area (Å²) in [6.07, 6.45) is 9.29. The first kappa shape index (κ1) is 26.0. The smallest absolute Gasteiger partial charge is 0.144 e. The predicted molar refractivity (Wildman–Crippen MR) is 129 cm³/mol. The Kier molecular flexibility index (Phi) is 9.41. The standard InChI is InChI=1S/C15H19FN2.C8H13NOS2/c1-5-11-8-12(9(2)3)15(18)13(14(11)16)10(4)6-7-17;1-4-5-6(11)12-7(9-5)8(2,3)10/h1,6-10H,17-18H2,2-4H3;10-11H,4H2,1-3H3/b7-6-;. The van der Waals surface area contributed by atoms with Crippen LogP contribution in [0.5, 0.6) is 0 Å². The minimum absolute atomic E-state index is 0.186. The molecule has 30 heavy (non-hydrogen) atoms. The second kappa shape index (κ2) is 10.9. The van der Waals surface area contributed by atoms with Gasteiger partial charge in [0.05, 0.1) is 15.5 Å². The SMILES string of the molecule is C#Cc1cc(C(C)C)c(N)c(C(C)/C=C\N)c1F.CCc1nc(C(C)(C)O)sc1S. The number of nitrogens with zero attached hydrogens (tertiary/aromatic N) is 1. The van der Waals surface area contributed by atoms with Gasteiger partial charge in [0, 0.05) is 17.2 Å². The quantitative estimate of drug-likeness (QED) is 0.283. The number of terminal acetylenes is 1. The van der Waals surface area contributed by atoms with Gasteiger partial charge in [0.2, 0.25) is 0 Å². The van der Waals surface area contributed by atoms with Crippen LogP contribution in [-0.2, 0) is 12.0 Å². The number of hydrogen-bond acceptors (Lipinski definition) is 6. The number of aryl methyl sites for hydroxylation is 1. The number of aliphatic hydroxyl groups is 1. The average Bonchev–Trinajstić information content (AvgIpc) is 3.03. The van der Waals surface area contributed by atoms with E-state index in [9.17, 15) is 9.50 Å². The number of thiol groups is 1. The van der Waals surface area contributed by atoms with E-state index in [-0.39, 0.29) is 17.4 Å². The molecule has 1 atom stereocenters. The van der Waals surface area contributed by atoms with Crippen molar-refractivity contribution in [1.82, 2.24) is 4.98 Å². The molecule has 2 rings (SSSR count). The third kappa shape index (κ3) is 6.24. The first-order valence-corrected chi connectivity index (χ1v) is 11.0. The maximum absolute atomic E-state index is 14.3. The van der Waals surface area contributed by atoms with Gasteiger partial charge in [-0.15, -0.1) is 30.4 Å². The molecule has 0 amide bonds. The summed E-state index contributed by atoms with van der Waals surface area (Å²) in [5, 5.41) is 10.4. The molecule has 4 nitrogen and oxygen atoms in total. The largest absolute Gasteiger partial charge is 0.405 e. The number of thiazole rings is 1. The molecule has 7 heteroatoms. The molecule has 1 unspecified atom stereocenters. The van der Waals surface area contributed by atoms with Crippen molar-refractivity contribution >= 4 is 29.7 Å². The summed E-state index contributed by atoms with van der Waals surface area (Å²) in [6, 6.07) is 1.65. The van der Waals surface area contributed by atoms with Crippen molar-refractivity contribution in [3.8, 4) is 12.3 Å². The maximum Gasteiger partial charge on any atom is 0.144 e. The van der Waals surface area contributed by atoms with E-state index < -0.39 is 11.4 Å². The van der Waals surface area contributed by atoms with Crippen molar-refractivity contribution in [3.05, 3.63) is 51.6 Å². The fourth-order valence-corrected chi connectivity index (χ4v) is 4.21. The summed E-state index contributed by atoms with van der Waals surface area (Å²) in [4.78, 5) is 4.29. The van der Waals surface area contributed by atoms with Crippen LogP contribution in [0.4, 0.5) is 10.1 Å². The van der Waals surface area contributed by atoms with Crippen LogP contribution >= 0.6 is 24.0 Å². The van der Waals surface area contributed by atoms with E-state index in [0.717, 1.165) is 26.9 Å². The number of anilines is 1. The molecule has 0 saturated carbocycles. The molecule has 0 bridgehead atoms. The van der Waals surface area contributed by atoms with E-state index in [4.69, 9.17) is 17.9 Å². The first-order chi connectivity index (χ1) is 13.9. The summed E-state index contributed by atoms with van der Waals surface area (Å²) in [5.74, 6) is 1.92. The van der Waals surface area contributed by atoms with Gasteiger partial charge in [-0.05, 0) is 44.0 Å². The molecule has 0 radical (unpaired) electrons. The van der Waals surface area contributed by atoms with Gasteiger partial charge in [-0.3, -0.25) is 0 Å². The van der Waals surface area contributed by atoms with E-state index in [0.29, 0.717) is 11.3 Å².